The normalized spacial score (nSPS) is 19.3. The van der Waals surface area contributed by atoms with E-state index in [1.54, 1.807) is 6.08 Å². The van der Waals surface area contributed by atoms with Crippen LogP contribution < -0.4 is 0 Å². The zero-order valence-electron chi connectivity index (χ0n) is 6.42. The van der Waals surface area contributed by atoms with Crippen LogP contribution in [0, 0.1) is 0 Å². The summed E-state index contributed by atoms with van der Waals surface area (Å²) in [6, 6.07) is 0. The fraction of sp³-hybridized carbons (Fsp3) is 0.100. The van der Waals surface area contributed by atoms with E-state index in [1.807, 2.05) is 24.3 Å². The predicted octanol–water partition coefficient (Wildman–Crippen LogP) is 1.96. The highest BCUT2D eigenvalue weighted by Crippen LogP contribution is 2.03. The van der Waals surface area contributed by atoms with E-state index in [-0.39, 0.29) is 0 Å². The topological polar surface area (TPSA) is 11.3 Å². The zero-order chi connectivity index (χ0) is 8.10. The number of rotatable bonds is 2. The van der Waals surface area contributed by atoms with Gasteiger partial charge >= 0.3 is 5.78 Å². The SMILES string of the molecule is C=CC[O+]=C1C=CC=CC1=C. The Hall–Kier alpha value is -1.37. The van der Waals surface area contributed by atoms with E-state index in [0.717, 1.165) is 11.4 Å². The molecule has 1 rings (SSSR count). The second-order valence-corrected chi connectivity index (χ2v) is 2.21. The summed E-state index contributed by atoms with van der Waals surface area (Å²) < 4.78 is 5.31. The van der Waals surface area contributed by atoms with E-state index < -0.39 is 0 Å². The number of carbonyl (C=O) groups excluding carboxylic acids is 1. The lowest BCUT2D eigenvalue weighted by Crippen LogP contribution is -2.02. The molecule has 56 valence electrons. The average molecular weight is 147 g/mol. The molecule has 0 amide bonds. The summed E-state index contributed by atoms with van der Waals surface area (Å²) >= 11 is 0. The van der Waals surface area contributed by atoms with Gasteiger partial charge in [0.05, 0.1) is 5.57 Å². The molecule has 0 bridgehead atoms. The van der Waals surface area contributed by atoms with Crippen molar-refractivity contribution in [2.24, 2.45) is 0 Å². The van der Waals surface area contributed by atoms with Crippen LogP contribution in [0.3, 0.4) is 0 Å². The molecular formula is C10H11O+. The van der Waals surface area contributed by atoms with Gasteiger partial charge in [0.1, 0.15) is 0 Å². The van der Waals surface area contributed by atoms with Crippen LogP contribution in [0.5, 0.6) is 0 Å². The van der Waals surface area contributed by atoms with Gasteiger partial charge in [0.15, 0.2) is 0 Å². The molecule has 0 radical (unpaired) electrons. The van der Waals surface area contributed by atoms with Crippen molar-refractivity contribution in [2.75, 3.05) is 6.61 Å². The molecule has 0 N–H and O–H groups in total. The molecule has 1 aliphatic rings. The van der Waals surface area contributed by atoms with Crippen LogP contribution in [0.4, 0.5) is 0 Å². The second-order valence-electron chi connectivity index (χ2n) is 2.21. The van der Waals surface area contributed by atoms with Crippen LogP contribution >= 0.6 is 0 Å². The van der Waals surface area contributed by atoms with Gasteiger partial charge in [-0.25, -0.2) is 4.42 Å². The fourth-order valence-corrected chi connectivity index (χ4v) is 0.793. The summed E-state index contributed by atoms with van der Waals surface area (Å²) in [6.07, 6.45) is 9.38. The Kier molecular flexibility index (Phi) is 2.61. The molecule has 0 aromatic heterocycles. The molecule has 0 atom stereocenters. The lowest BCUT2D eigenvalue weighted by molar-refractivity contribution is -0.442. The first-order valence-corrected chi connectivity index (χ1v) is 3.49. The quantitative estimate of drug-likeness (QED) is 0.321. The van der Waals surface area contributed by atoms with Crippen LogP contribution in [-0.4, -0.2) is 12.4 Å². The van der Waals surface area contributed by atoms with Gasteiger partial charge in [0, 0.05) is 12.2 Å². The van der Waals surface area contributed by atoms with E-state index in [1.165, 1.54) is 0 Å². The molecular weight excluding hydrogens is 136 g/mol. The molecule has 1 aliphatic carbocycles. The summed E-state index contributed by atoms with van der Waals surface area (Å²) in [7, 11) is 0. The van der Waals surface area contributed by atoms with Gasteiger partial charge in [0.2, 0.25) is 0 Å². The molecule has 0 spiro atoms. The lowest BCUT2D eigenvalue weighted by atomic mass is 10.1. The van der Waals surface area contributed by atoms with Gasteiger partial charge in [-0.15, -0.1) is 0 Å². The summed E-state index contributed by atoms with van der Waals surface area (Å²) in [6.45, 7) is 7.91. The van der Waals surface area contributed by atoms with Crippen molar-refractivity contribution >= 4 is 5.78 Å². The Bertz CT molecular complexity index is 254. The molecule has 1 nitrogen and oxygen atoms in total. The van der Waals surface area contributed by atoms with Gasteiger partial charge in [0.25, 0.3) is 6.61 Å². The minimum absolute atomic E-state index is 0.534. The van der Waals surface area contributed by atoms with Crippen LogP contribution in [0.25, 0.3) is 0 Å². The van der Waals surface area contributed by atoms with Crippen molar-refractivity contribution in [2.45, 2.75) is 0 Å². The van der Waals surface area contributed by atoms with Gasteiger partial charge in [-0.1, -0.05) is 25.3 Å². The summed E-state index contributed by atoms with van der Waals surface area (Å²) in [5.74, 6) is 0.826. The van der Waals surface area contributed by atoms with Crippen molar-refractivity contribution < 1.29 is 4.42 Å². The largest absolute Gasteiger partial charge is 0.350 e. The van der Waals surface area contributed by atoms with E-state index in [2.05, 4.69) is 13.2 Å². The Labute approximate surface area is 66.7 Å². The summed E-state index contributed by atoms with van der Waals surface area (Å²) in [5.41, 5.74) is 0.911. The Morgan fingerprint density at radius 1 is 1.36 bits per heavy atom. The first kappa shape index (κ1) is 7.73. The summed E-state index contributed by atoms with van der Waals surface area (Å²) in [4.78, 5) is 0. The average Bonchev–Trinajstić information content (AvgIpc) is 2.03. The second kappa shape index (κ2) is 3.71. The Morgan fingerprint density at radius 3 is 2.73 bits per heavy atom. The Balaban J connectivity index is 2.72. The molecule has 0 heterocycles. The standard InChI is InChI=1S/C10H11O/c1-3-8-11-10-7-5-4-6-9(10)2/h3-7H,1-2,8H2/q+1. The van der Waals surface area contributed by atoms with Gasteiger partial charge in [-0.05, 0) is 6.08 Å². The van der Waals surface area contributed by atoms with Gasteiger partial charge in [-0.3, -0.25) is 0 Å². The maximum atomic E-state index is 5.31. The number of hydrogen-bond donors (Lipinski definition) is 0. The third kappa shape index (κ3) is 2.04. The van der Waals surface area contributed by atoms with Gasteiger partial charge < -0.3 is 0 Å². The van der Waals surface area contributed by atoms with Gasteiger partial charge in [-0.2, -0.15) is 0 Å². The molecule has 0 fully saturated rings. The van der Waals surface area contributed by atoms with E-state index >= 15 is 0 Å². The number of allylic oxidation sites excluding steroid dienone is 5. The van der Waals surface area contributed by atoms with Crippen molar-refractivity contribution in [3.05, 3.63) is 49.1 Å². The highest BCUT2D eigenvalue weighted by Gasteiger charge is 2.11. The van der Waals surface area contributed by atoms with Crippen LogP contribution in [-0.2, 0) is 4.42 Å². The maximum Gasteiger partial charge on any atom is 0.350 e. The van der Waals surface area contributed by atoms with Crippen LogP contribution in [0.15, 0.2) is 49.1 Å². The van der Waals surface area contributed by atoms with Crippen molar-refractivity contribution in [1.29, 1.82) is 0 Å². The molecule has 0 aliphatic heterocycles. The molecule has 1 heteroatoms. The monoisotopic (exact) mass is 147 g/mol. The fourth-order valence-electron chi connectivity index (χ4n) is 0.793. The number of ketones is 1. The van der Waals surface area contributed by atoms with Crippen LogP contribution in [0.2, 0.25) is 0 Å². The first-order chi connectivity index (χ1) is 5.34. The highest BCUT2D eigenvalue weighted by atomic mass is 16.4. The maximum absolute atomic E-state index is 5.31. The third-order valence-electron chi connectivity index (χ3n) is 1.33. The molecule has 11 heavy (non-hydrogen) atoms. The van der Waals surface area contributed by atoms with E-state index in [4.69, 9.17) is 4.42 Å². The Morgan fingerprint density at radius 2 is 2.09 bits per heavy atom. The van der Waals surface area contributed by atoms with E-state index in [0.29, 0.717) is 6.61 Å². The molecule has 0 aromatic carbocycles. The third-order valence-corrected chi connectivity index (χ3v) is 1.33. The zero-order valence-corrected chi connectivity index (χ0v) is 6.42. The van der Waals surface area contributed by atoms with Crippen LogP contribution in [0.1, 0.15) is 0 Å². The smallest absolute Gasteiger partial charge is 0.250 e. The van der Waals surface area contributed by atoms with Crippen molar-refractivity contribution in [3.8, 4) is 0 Å². The highest BCUT2D eigenvalue weighted by molar-refractivity contribution is 6.07. The lowest BCUT2D eigenvalue weighted by Gasteiger charge is -1.92. The first-order valence-electron chi connectivity index (χ1n) is 3.49. The minimum Gasteiger partial charge on any atom is -0.250 e. The van der Waals surface area contributed by atoms with E-state index in [9.17, 15) is 0 Å². The number of hydrogen-bond acceptors (Lipinski definition) is 0. The summed E-state index contributed by atoms with van der Waals surface area (Å²) in [5, 5.41) is 0. The molecule has 0 saturated heterocycles. The van der Waals surface area contributed by atoms with Crippen molar-refractivity contribution in [1.82, 2.24) is 0 Å². The van der Waals surface area contributed by atoms with Crippen molar-refractivity contribution in [3.63, 3.8) is 0 Å². The predicted molar refractivity (Wildman–Crippen MR) is 47.5 cm³/mol. The molecule has 0 saturated carbocycles. The molecule has 0 unspecified atom stereocenters. The minimum atomic E-state index is 0.534. The molecule has 0 aromatic rings.